The number of imidazole rings is 1. The van der Waals surface area contributed by atoms with E-state index in [1.165, 1.54) is 4.90 Å². The monoisotopic (exact) mass is 351 g/mol. The molecule has 4 rings (SSSR count). The van der Waals surface area contributed by atoms with Crippen LogP contribution in [0.5, 0.6) is 5.75 Å². The number of hydrogen-bond acceptors (Lipinski definition) is 3. The van der Waals surface area contributed by atoms with Crippen LogP contribution < -0.4 is 4.74 Å². The van der Waals surface area contributed by atoms with E-state index in [9.17, 15) is 9.90 Å². The van der Waals surface area contributed by atoms with E-state index >= 15 is 0 Å². The van der Waals surface area contributed by atoms with E-state index in [1.54, 1.807) is 7.11 Å². The van der Waals surface area contributed by atoms with Crippen LogP contribution in [0.3, 0.4) is 0 Å². The summed E-state index contributed by atoms with van der Waals surface area (Å²) in [4.78, 5) is 17.8. The lowest BCUT2D eigenvalue weighted by molar-refractivity contribution is 0.129. The first kappa shape index (κ1) is 16.4. The Labute approximate surface area is 151 Å². The first-order valence-corrected chi connectivity index (χ1v) is 8.76. The van der Waals surface area contributed by atoms with E-state index in [0.29, 0.717) is 13.1 Å². The number of methoxy groups -OCH3 is 1. The van der Waals surface area contributed by atoms with Gasteiger partial charge in [0.15, 0.2) is 0 Å². The molecule has 6 heteroatoms. The van der Waals surface area contributed by atoms with Gasteiger partial charge in [0.2, 0.25) is 0 Å². The van der Waals surface area contributed by atoms with Crippen LogP contribution in [0.4, 0.5) is 4.79 Å². The molecule has 0 spiro atoms. The van der Waals surface area contributed by atoms with Gasteiger partial charge in [0.25, 0.3) is 0 Å². The number of benzene rings is 1. The molecule has 1 N–H and O–H groups in total. The summed E-state index contributed by atoms with van der Waals surface area (Å²) in [7, 11) is 1.65. The summed E-state index contributed by atoms with van der Waals surface area (Å²) >= 11 is 0. The summed E-state index contributed by atoms with van der Waals surface area (Å²) in [5, 5.41) is 9.34. The fourth-order valence-electron chi connectivity index (χ4n) is 3.69. The fraction of sp³-hybridized carbons (Fsp3) is 0.300. The Hall–Kier alpha value is -3.02. The molecule has 0 radical (unpaired) electrons. The molecule has 6 nitrogen and oxygen atoms in total. The zero-order chi connectivity index (χ0) is 18.1. The lowest BCUT2D eigenvalue weighted by Gasteiger charge is -2.29. The zero-order valence-electron chi connectivity index (χ0n) is 14.6. The lowest BCUT2D eigenvalue weighted by atomic mass is 9.97. The Balaban J connectivity index is 1.80. The zero-order valence-corrected chi connectivity index (χ0v) is 14.6. The van der Waals surface area contributed by atoms with Gasteiger partial charge in [-0.15, -0.1) is 0 Å². The van der Waals surface area contributed by atoms with Gasteiger partial charge in [0.05, 0.1) is 18.3 Å². The molecule has 2 aromatic heterocycles. The van der Waals surface area contributed by atoms with Crippen molar-refractivity contribution in [1.29, 1.82) is 0 Å². The van der Waals surface area contributed by atoms with Crippen molar-refractivity contribution in [2.24, 2.45) is 0 Å². The van der Waals surface area contributed by atoms with Gasteiger partial charge < -0.3 is 19.1 Å². The molecule has 0 bridgehead atoms. The fourth-order valence-corrected chi connectivity index (χ4v) is 3.69. The molecule has 1 fully saturated rings. The quantitative estimate of drug-likeness (QED) is 0.778. The third-order valence-corrected chi connectivity index (χ3v) is 4.98. The average Bonchev–Trinajstić information content (AvgIpc) is 3.08. The molecule has 1 unspecified atom stereocenters. The van der Waals surface area contributed by atoms with Crippen molar-refractivity contribution in [3.8, 4) is 17.0 Å². The van der Waals surface area contributed by atoms with E-state index in [1.807, 2.05) is 48.7 Å². The predicted octanol–water partition coefficient (Wildman–Crippen LogP) is 3.87. The molecule has 26 heavy (non-hydrogen) atoms. The van der Waals surface area contributed by atoms with Crippen LogP contribution in [0.1, 0.15) is 24.6 Å². The van der Waals surface area contributed by atoms with Crippen molar-refractivity contribution >= 4 is 11.6 Å². The lowest BCUT2D eigenvalue weighted by Crippen LogP contribution is -2.38. The topological polar surface area (TPSA) is 67.1 Å². The van der Waals surface area contributed by atoms with Crippen molar-refractivity contribution in [3.05, 3.63) is 54.5 Å². The van der Waals surface area contributed by atoms with Crippen LogP contribution in [0.2, 0.25) is 0 Å². The third kappa shape index (κ3) is 2.87. The number of pyridine rings is 1. The number of carbonyl (C=O) groups is 1. The number of ether oxygens (including phenoxy) is 1. The van der Waals surface area contributed by atoms with Gasteiger partial charge in [-0.1, -0.05) is 18.2 Å². The summed E-state index contributed by atoms with van der Waals surface area (Å²) in [5.74, 6) is 1.80. The van der Waals surface area contributed by atoms with Gasteiger partial charge >= 0.3 is 6.09 Å². The standard InChI is InChI=1S/C20H21N3O3/c1-26-16-8-4-6-14(12-16)18-17-9-2-3-11-23(17)19(21-18)15-7-5-10-22(13-15)20(24)25/h2-4,6,8-9,11-12,15H,5,7,10,13H2,1H3,(H,24,25). The number of fused-ring (bicyclic) bond motifs is 1. The Morgan fingerprint density at radius 1 is 1.27 bits per heavy atom. The molecule has 1 aliphatic heterocycles. The summed E-state index contributed by atoms with van der Waals surface area (Å²) in [6.45, 7) is 1.08. The van der Waals surface area contributed by atoms with Gasteiger partial charge in [-0.3, -0.25) is 0 Å². The van der Waals surface area contributed by atoms with E-state index in [-0.39, 0.29) is 5.92 Å². The van der Waals surface area contributed by atoms with Crippen LogP contribution in [0, 0.1) is 0 Å². The van der Waals surface area contributed by atoms with Crippen LogP contribution in [0.25, 0.3) is 16.8 Å². The number of piperidine rings is 1. The summed E-state index contributed by atoms with van der Waals surface area (Å²) in [6.07, 6.45) is 2.94. The summed E-state index contributed by atoms with van der Waals surface area (Å²) in [5.41, 5.74) is 2.90. The number of carboxylic acid groups (broad SMARTS) is 1. The molecule has 1 aromatic carbocycles. The van der Waals surface area contributed by atoms with Gasteiger partial charge in [-0.2, -0.15) is 0 Å². The van der Waals surface area contributed by atoms with Crippen LogP contribution in [-0.2, 0) is 0 Å². The summed E-state index contributed by atoms with van der Waals surface area (Å²) in [6, 6.07) is 13.9. The van der Waals surface area contributed by atoms with Gasteiger partial charge in [0.1, 0.15) is 11.6 Å². The summed E-state index contributed by atoms with van der Waals surface area (Å²) < 4.78 is 7.43. The Morgan fingerprint density at radius 2 is 2.15 bits per heavy atom. The highest BCUT2D eigenvalue weighted by Gasteiger charge is 2.28. The van der Waals surface area contributed by atoms with E-state index < -0.39 is 6.09 Å². The molecule has 1 aliphatic rings. The minimum absolute atomic E-state index is 0.0918. The average molecular weight is 351 g/mol. The maximum absolute atomic E-state index is 11.4. The van der Waals surface area contributed by atoms with Gasteiger partial charge in [0, 0.05) is 30.8 Å². The van der Waals surface area contributed by atoms with Crippen molar-refractivity contribution < 1.29 is 14.6 Å². The molecule has 0 aliphatic carbocycles. The molecule has 3 aromatic rings. The molecule has 1 atom stereocenters. The Morgan fingerprint density at radius 3 is 2.96 bits per heavy atom. The van der Waals surface area contributed by atoms with E-state index in [2.05, 4.69) is 4.40 Å². The number of rotatable bonds is 3. The van der Waals surface area contributed by atoms with Crippen molar-refractivity contribution in [3.63, 3.8) is 0 Å². The maximum Gasteiger partial charge on any atom is 0.407 e. The minimum Gasteiger partial charge on any atom is -0.497 e. The van der Waals surface area contributed by atoms with Crippen molar-refractivity contribution in [2.45, 2.75) is 18.8 Å². The maximum atomic E-state index is 11.4. The van der Waals surface area contributed by atoms with Gasteiger partial charge in [-0.25, -0.2) is 9.78 Å². The van der Waals surface area contributed by atoms with Crippen molar-refractivity contribution in [1.82, 2.24) is 14.3 Å². The molecule has 3 heterocycles. The molecule has 1 amide bonds. The molecular weight excluding hydrogens is 330 g/mol. The number of amides is 1. The Kier molecular flexibility index (Phi) is 4.24. The second-order valence-corrected chi connectivity index (χ2v) is 6.57. The van der Waals surface area contributed by atoms with Crippen molar-refractivity contribution in [2.75, 3.05) is 20.2 Å². The first-order valence-electron chi connectivity index (χ1n) is 8.76. The third-order valence-electron chi connectivity index (χ3n) is 4.98. The van der Waals surface area contributed by atoms with E-state index in [0.717, 1.165) is 41.2 Å². The highest BCUT2D eigenvalue weighted by molar-refractivity contribution is 5.78. The highest BCUT2D eigenvalue weighted by Crippen LogP contribution is 2.33. The Bertz CT molecular complexity index is 950. The van der Waals surface area contributed by atoms with Crippen LogP contribution in [-0.4, -0.2) is 45.7 Å². The normalized spacial score (nSPS) is 17.4. The highest BCUT2D eigenvalue weighted by atomic mass is 16.5. The number of aromatic nitrogens is 2. The molecule has 0 saturated carbocycles. The minimum atomic E-state index is -0.858. The SMILES string of the molecule is COc1cccc(-c2nc(C3CCCN(C(=O)O)C3)n3ccccc23)c1. The molecule has 134 valence electrons. The van der Waals surface area contributed by atoms with E-state index in [4.69, 9.17) is 9.72 Å². The predicted molar refractivity (Wildman–Crippen MR) is 98.8 cm³/mol. The largest absolute Gasteiger partial charge is 0.497 e. The smallest absolute Gasteiger partial charge is 0.407 e. The number of hydrogen-bond donors (Lipinski definition) is 1. The number of nitrogens with zero attached hydrogens (tertiary/aromatic N) is 3. The molecule has 1 saturated heterocycles. The first-order chi connectivity index (χ1) is 12.7. The second-order valence-electron chi connectivity index (χ2n) is 6.57. The second kappa shape index (κ2) is 6.71. The van der Waals surface area contributed by atoms with Crippen LogP contribution >= 0.6 is 0 Å². The van der Waals surface area contributed by atoms with Gasteiger partial charge in [-0.05, 0) is 37.1 Å². The molecular formula is C20H21N3O3. The van der Waals surface area contributed by atoms with Crippen LogP contribution in [0.15, 0.2) is 48.7 Å². The number of likely N-dealkylation sites (tertiary alicyclic amines) is 1.